The quantitative estimate of drug-likeness (QED) is 0.490. The summed E-state index contributed by atoms with van der Waals surface area (Å²) in [7, 11) is 0. The van der Waals surface area contributed by atoms with Crippen LogP contribution in [-0.2, 0) is 0 Å². The van der Waals surface area contributed by atoms with Crippen molar-refractivity contribution in [1.29, 1.82) is 0 Å². The molecule has 2 aliphatic rings. The number of hydrogen-bond donors (Lipinski definition) is 1. The van der Waals surface area contributed by atoms with Crippen molar-refractivity contribution in [3.63, 3.8) is 0 Å². The van der Waals surface area contributed by atoms with Crippen molar-refractivity contribution in [3.05, 3.63) is 0 Å². The molecule has 0 radical (unpaired) electrons. The molecule has 2 fully saturated rings. The molecular formula is C6H10FN. The SMILES string of the molecule is F[C@@H]1C2NCCC[C@H]21. The lowest BCUT2D eigenvalue weighted by molar-refractivity contribution is 0.437. The lowest BCUT2D eigenvalue weighted by atomic mass is 10.2. The summed E-state index contributed by atoms with van der Waals surface area (Å²) in [6.45, 7) is 1.03. The van der Waals surface area contributed by atoms with Crippen LogP contribution >= 0.6 is 0 Å². The van der Waals surface area contributed by atoms with E-state index in [1.165, 1.54) is 6.42 Å². The van der Waals surface area contributed by atoms with Gasteiger partial charge < -0.3 is 5.32 Å². The Morgan fingerprint density at radius 2 is 2.38 bits per heavy atom. The predicted octanol–water partition coefficient (Wildman–Crippen LogP) is 0.706. The van der Waals surface area contributed by atoms with Crippen LogP contribution in [0.1, 0.15) is 12.8 Å². The Bertz CT molecular complexity index is 92.7. The minimum atomic E-state index is -0.502. The standard InChI is InChI=1S/C6H10FN/c7-5-4-2-1-3-8-6(4)5/h4-6,8H,1-3H2/t4-,5-,6?/m0/s1. The molecule has 1 N–H and O–H groups in total. The minimum Gasteiger partial charge on any atom is -0.311 e. The first-order valence-electron chi connectivity index (χ1n) is 3.27. The molecule has 1 heterocycles. The number of rotatable bonds is 0. The van der Waals surface area contributed by atoms with Gasteiger partial charge in [-0.25, -0.2) is 4.39 Å². The zero-order valence-corrected chi connectivity index (χ0v) is 4.73. The average Bonchev–Trinajstić information content (AvgIpc) is 2.46. The molecule has 1 aliphatic carbocycles. The van der Waals surface area contributed by atoms with Crippen molar-refractivity contribution >= 4 is 0 Å². The number of fused-ring (bicyclic) bond motifs is 1. The molecule has 1 saturated heterocycles. The van der Waals surface area contributed by atoms with E-state index in [1.807, 2.05) is 0 Å². The molecule has 0 aromatic carbocycles. The zero-order valence-electron chi connectivity index (χ0n) is 4.73. The summed E-state index contributed by atoms with van der Waals surface area (Å²) in [5.74, 6) is 0.392. The predicted molar refractivity (Wildman–Crippen MR) is 29.4 cm³/mol. The number of alkyl halides is 1. The fourth-order valence-electron chi connectivity index (χ4n) is 1.54. The molecule has 2 rings (SSSR count). The van der Waals surface area contributed by atoms with E-state index in [4.69, 9.17) is 0 Å². The van der Waals surface area contributed by atoms with E-state index in [1.54, 1.807) is 0 Å². The van der Waals surface area contributed by atoms with Gasteiger partial charge in [0.2, 0.25) is 0 Å². The largest absolute Gasteiger partial charge is 0.311 e. The third kappa shape index (κ3) is 0.494. The lowest BCUT2D eigenvalue weighted by Gasteiger charge is -2.06. The zero-order chi connectivity index (χ0) is 5.56. The Morgan fingerprint density at radius 3 is 2.88 bits per heavy atom. The van der Waals surface area contributed by atoms with E-state index in [0.717, 1.165) is 13.0 Å². The molecule has 1 aliphatic heterocycles. The number of nitrogens with one attached hydrogen (secondary N) is 1. The molecule has 3 atom stereocenters. The van der Waals surface area contributed by atoms with Crippen LogP contribution < -0.4 is 5.32 Å². The van der Waals surface area contributed by atoms with Gasteiger partial charge >= 0.3 is 0 Å². The second-order valence-corrected chi connectivity index (χ2v) is 2.73. The first-order valence-corrected chi connectivity index (χ1v) is 3.27. The maximum absolute atomic E-state index is 12.4. The number of piperidine rings is 1. The molecule has 0 amide bonds. The fourth-order valence-corrected chi connectivity index (χ4v) is 1.54. The van der Waals surface area contributed by atoms with E-state index in [-0.39, 0.29) is 6.04 Å². The smallest absolute Gasteiger partial charge is 0.120 e. The fraction of sp³-hybridized carbons (Fsp3) is 1.00. The van der Waals surface area contributed by atoms with Gasteiger partial charge in [-0.2, -0.15) is 0 Å². The maximum Gasteiger partial charge on any atom is 0.120 e. The average molecular weight is 115 g/mol. The van der Waals surface area contributed by atoms with Crippen molar-refractivity contribution < 1.29 is 4.39 Å². The molecule has 0 spiro atoms. The van der Waals surface area contributed by atoms with Crippen LogP contribution in [0.15, 0.2) is 0 Å². The van der Waals surface area contributed by atoms with Crippen LogP contribution in [0.25, 0.3) is 0 Å². The Kier molecular flexibility index (Phi) is 0.852. The monoisotopic (exact) mass is 115 g/mol. The lowest BCUT2D eigenvalue weighted by Crippen LogP contribution is -2.24. The van der Waals surface area contributed by atoms with E-state index < -0.39 is 6.17 Å². The number of halogens is 1. The summed E-state index contributed by atoms with van der Waals surface area (Å²) in [5.41, 5.74) is 0. The summed E-state index contributed by atoms with van der Waals surface area (Å²) < 4.78 is 12.4. The normalized spacial score (nSPS) is 52.9. The Labute approximate surface area is 48.3 Å². The molecule has 8 heavy (non-hydrogen) atoms. The molecule has 0 aromatic rings. The highest BCUT2D eigenvalue weighted by Crippen LogP contribution is 2.40. The molecule has 1 saturated carbocycles. The first-order chi connectivity index (χ1) is 3.89. The van der Waals surface area contributed by atoms with Crippen LogP contribution in [0.3, 0.4) is 0 Å². The summed E-state index contributed by atoms with van der Waals surface area (Å²) in [5, 5.41) is 3.13. The Morgan fingerprint density at radius 1 is 1.50 bits per heavy atom. The van der Waals surface area contributed by atoms with Crippen molar-refractivity contribution in [3.8, 4) is 0 Å². The molecule has 1 nitrogen and oxygen atoms in total. The van der Waals surface area contributed by atoms with E-state index >= 15 is 0 Å². The minimum absolute atomic E-state index is 0.253. The highest BCUT2D eigenvalue weighted by Gasteiger charge is 2.51. The van der Waals surface area contributed by atoms with Gasteiger partial charge in [0.15, 0.2) is 0 Å². The van der Waals surface area contributed by atoms with Gasteiger partial charge in [0.05, 0.1) is 0 Å². The molecule has 46 valence electrons. The maximum atomic E-state index is 12.4. The van der Waals surface area contributed by atoms with Crippen molar-refractivity contribution in [2.75, 3.05) is 6.54 Å². The van der Waals surface area contributed by atoms with E-state index in [2.05, 4.69) is 5.32 Å². The van der Waals surface area contributed by atoms with Crippen molar-refractivity contribution in [2.24, 2.45) is 5.92 Å². The van der Waals surface area contributed by atoms with Crippen LogP contribution in [0.2, 0.25) is 0 Å². The van der Waals surface area contributed by atoms with Gasteiger partial charge in [0, 0.05) is 12.0 Å². The molecule has 1 unspecified atom stereocenters. The molecular weight excluding hydrogens is 105 g/mol. The highest BCUT2D eigenvalue weighted by atomic mass is 19.1. The Balaban J connectivity index is 1.97. The van der Waals surface area contributed by atoms with Crippen molar-refractivity contribution in [1.82, 2.24) is 5.32 Å². The Hall–Kier alpha value is -0.110. The molecule has 0 aromatic heterocycles. The summed E-state index contributed by atoms with van der Waals surface area (Å²) >= 11 is 0. The van der Waals surface area contributed by atoms with Crippen LogP contribution in [0, 0.1) is 5.92 Å². The van der Waals surface area contributed by atoms with Gasteiger partial charge in [-0.3, -0.25) is 0 Å². The van der Waals surface area contributed by atoms with Crippen molar-refractivity contribution in [2.45, 2.75) is 25.1 Å². The third-order valence-corrected chi connectivity index (χ3v) is 2.17. The molecule has 2 heteroatoms. The van der Waals surface area contributed by atoms with Gasteiger partial charge in [-0.05, 0) is 19.4 Å². The van der Waals surface area contributed by atoms with Crippen LogP contribution in [-0.4, -0.2) is 18.8 Å². The first kappa shape index (κ1) is 4.74. The summed E-state index contributed by atoms with van der Waals surface area (Å²) in [6.07, 6.45) is 1.78. The second-order valence-electron chi connectivity index (χ2n) is 2.73. The van der Waals surface area contributed by atoms with Gasteiger partial charge in [0.1, 0.15) is 6.17 Å². The highest BCUT2D eigenvalue weighted by molar-refractivity contribution is 5.06. The summed E-state index contributed by atoms with van der Waals surface area (Å²) in [6, 6.07) is 0.253. The topological polar surface area (TPSA) is 12.0 Å². The number of hydrogen-bond acceptors (Lipinski definition) is 1. The van der Waals surface area contributed by atoms with Gasteiger partial charge in [0.25, 0.3) is 0 Å². The van der Waals surface area contributed by atoms with E-state index in [9.17, 15) is 4.39 Å². The van der Waals surface area contributed by atoms with E-state index in [0.29, 0.717) is 5.92 Å². The third-order valence-electron chi connectivity index (χ3n) is 2.17. The van der Waals surface area contributed by atoms with Crippen LogP contribution in [0.5, 0.6) is 0 Å². The second kappa shape index (κ2) is 1.44. The van der Waals surface area contributed by atoms with Gasteiger partial charge in [-0.1, -0.05) is 0 Å². The molecule has 0 bridgehead atoms. The van der Waals surface area contributed by atoms with Gasteiger partial charge in [-0.15, -0.1) is 0 Å². The van der Waals surface area contributed by atoms with Crippen LogP contribution in [0.4, 0.5) is 4.39 Å². The summed E-state index contributed by atoms with van der Waals surface area (Å²) in [4.78, 5) is 0.